The molecule has 2 aromatic carbocycles. The molecule has 114 valence electrons. The molecule has 23 heavy (non-hydrogen) atoms. The number of hydrogen-bond donors (Lipinski definition) is 0. The molecule has 0 nitrogen and oxygen atoms in total. The molecule has 4 rings (SSSR count). The van der Waals surface area contributed by atoms with Gasteiger partial charge >= 0.3 is 0 Å². The SMILES string of the molecule is Cc1ccc(C)c2c1C=CC2C(C1=CC=CC1)c1ccccc1. The Morgan fingerprint density at radius 3 is 2.48 bits per heavy atom. The van der Waals surface area contributed by atoms with Crippen molar-refractivity contribution in [3.8, 4) is 0 Å². The summed E-state index contributed by atoms with van der Waals surface area (Å²) in [5.41, 5.74) is 8.70. The first-order valence-electron chi connectivity index (χ1n) is 8.44. The summed E-state index contributed by atoms with van der Waals surface area (Å²) in [6.45, 7) is 4.47. The monoisotopic (exact) mass is 298 g/mol. The molecular weight excluding hydrogens is 276 g/mol. The van der Waals surface area contributed by atoms with Gasteiger partial charge in [-0.25, -0.2) is 0 Å². The van der Waals surface area contributed by atoms with Gasteiger partial charge in [0.15, 0.2) is 0 Å². The van der Waals surface area contributed by atoms with Gasteiger partial charge in [-0.05, 0) is 48.1 Å². The second kappa shape index (κ2) is 5.70. The fraction of sp³-hybridized carbons (Fsp3) is 0.217. The van der Waals surface area contributed by atoms with Crippen LogP contribution >= 0.6 is 0 Å². The van der Waals surface area contributed by atoms with Crippen molar-refractivity contribution < 1.29 is 0 Å². The van der Waals surface area contributed by atoms with Gasteiger partial charge in [0, 0.05) is 11.8 Å². The number of hydrogen-bond acceptors (Lipinski definition) is 0. The molecule has 2 aliphatic carbocycles. The van der Waals surface area contributed by atoms with Crippen LogP contribution in [0.5, 0.6) is 0 Å². The molecule has 2 unspecified atom stereocenters. The molecule has 0 aromatic heterocycles. The van der Waals surface area contributed by atoms with E-state index in [-0.39, 0.29) is 0 Å². The molecular formula is C23H22. The summed E-state index contributed by atoms with van der Waals surface area (Å²) in [7, 11) is 0. The standard InChI is InChI=1S/C23H22/c1-16-12-13-17(2)22-20(16)14-15-21(22)23(19-10-6-7-11-19)18-8-4-3-5-9-18/h3-10,12-15,21,23H,11H2,1-2H3. The Bertz CT molecular complexity index is 819. The lowest BCUT2D eigenvalue weighted by atomic mass is 9.76. The van der Waals surface area contributed by atoms with Crippen molar-refractivity contribution in [1.82, 2.24) is 0 Å². The van der Waals surface area contributed by atoms with Crippen molar-refractivity contribution >= 4 is 6.08 Å². The predicted molar refractivity (Wildman–Crippen MR) is 98.7 cm³/mol. The van der Waals surface area contributed by atoms with E-state index in [2.05, 4.69) is 86.7 Å². The zero-order chi connectivity index (χ0) is 15.8. The van der Waals surface area contributed by atoms with Crippen LogP contribution < -0.4 is 0 Å². The molecule has 0 heteroatoms. The maximum Gasteiger partial charge on any atom is 0.0158 e. The van der Waals surface area contributed by atoms with Gasteiger partial charge in [0.25, 0.3) is 0 Å². The van der Waals surface area contributed by atoms with Crippen LogP contribution in [-0.4, -0.2) is 0 Å². The highest BCUT2D eigenvalue weighted by Crippen LogP contribution is 2.47. The lowest BCUT2D eigenvalue weighted by Crippen LogP contribution is -2.12. The van der Waals surface area contributed by atoms with Crippen LogP contribution in [0.15, 0.2) is 72.3 Å². The van der Waals surface area contributed by atoms with Crippen molar-refractivity contribution in [2.75, 3.05) is 0 Å². The molecule has 0 fully saturated rings. The Morgan fingerprint density at radius 2 is 1.74 bits per heavy atom. The molecule has 0 radical (unpaired) electrons. The smallest absolute Gasteiger partial charge is 0.0158 e. The lowest BCUT2D eigenvalue weighted by molar-refractivity contribution is 0.695. The van der Waals surface area contributed by atoms with Gasteiger partial charge in [-0.3, -0.25) is 0 Å². The molecule has 2 aromatic rings. The van der Waals surface area contributed by atoms with Crippen LogP contribution in [0.4, 0.5) is 0 Å². The highest BCUT2D eigenvalue weighted by molar-refractivity contribution is 5.69. The third-order valence-electron chi connectivity index (χ3n) is 5.24. The largest absolute Gasteiger partial charge is 0.0804 e. The zero-order valence-corrected chi connectivity index (χ0v) is 13.8. The molecule has 0 saturated heterocycles. The highest BCUT2D eigenvalue weighted by atomic mass is 14.3. The van der Waals surface area contributed by atoms with E-state index in [4.69, 9.17) is 0 Å². The average molecular weight is 298 g/mol. The third-order valence-corrected chi connectivity index (χ3v) is 5.24. The first-order valence-corrected chi connectivity index (χ1v) is 8.44. The van der Waals surface area contributed by atoms with Gasteiger partial charge in [-0.15, -0.1) is 0 Å². The quantitative estimate of drug-likeness (QED) is 0.643. The normalized spacial score (nSPS) is 19.7. The molecule has 0 spiro atoms. The fourth-order valence-corrected chi connectivity index (χ4v) is 4.10. The summed E-state index contributed by atoms with van der Waals surface area (Å²) >= 11 is 0. The van der Waals surface area contributed by atoms with Crippen molar-refractivity contribution in [3.05, 3.63) is 100 Å². The Kier molecular flexibility index (Phi) is 3.53. The van der Waals surface area contributed by atoms with E-state index in [1.807, 2.05) is 0 Å². The van der Waals surface area contributed by atoms with Crippen LogP contribution in [0.3, 0.4) is 0 Å². The minimum atomic E-state index is 0.434. The fourth-order valence-electron chi connectivity index (χ4n) is 4.10. The van der Waals surface area contributed by atoms with Gasteiger partial charge in [0.1, 0.15) is 0 Å². The Hall–Kier alpha value is -2.34. The predicted octanol–water partition coefficient (Wildman–Crippen LogP) is 6.08. The maximum absolute atomic E-state index is 2.42. The lowest BCUT2D eigenvalue weighted by Gasteiger charge is -2.27. The third kappa shape index (κ3) is 2.39. The molecule has 0 N–H and O–H groups in total. The van der Waals surface area contributed by atoms with E-state index < -0.39 is 0 Å². The van der Waals surface area contributed by atoms with Crippen molar-refractivity contribution in [3.63, 3.8) is 0 Å². The Labute approximate surface area is 138 Å². The van der Waals surface area contributed by atoms with Crippen LogP contribution in [-0.2, 0) is 0 Å². The first kappa shape index (κ1) is 14.3. The topological polar surface area (TPSA) is 0 Å². The molecule has 2 aliphatic rings. The van der Waals surface area contributed by atoms with Gasteiger partial charge in [0.2, 0.25) is 0 Å². The molecule has 0 heterocycles. The van der Waals surface area contributed by atoms with Gasteiger partial charge in [-0.1, -0.05) is 78.4 Å². The molecule has 0 bridgehead atoms. The van der Waals surface area contributed by atoms with Crippen LogP contribution in [0.2, 0.25) is 0 Å². The van der Waals surface area contributed by atoms with E-state index in [0.717, 1.165) is 6.42 Å². The van der Waals surface area contributed by atoms with Crippen LogP contribution in [0, 0.1) is 13.8 Å². The minimum absolute atomic E-state index is 0.434. The maximum atomic E-state index is 2.42. The summed E-state index contributed by atoms with van der Waals surface area (Å²) in [4.78, 5) is 0. The minimum Gasteiger partial charge on any atom is -0.0804 e. The summed E-state index contributed by atoms with van der Waals surface area (Å²) in [5, 5.41) is 0. The molecule has 0 amide bonds. The number of aryl methyl sites for hydroxylation is 2. The molecule has 0 saturated carbocycles. The summed E-state index contributed by atoms with van der Waals surface area (Å²) < 4.78 is 0. The van der Waals surface area contributed by atoms with Crippen molar-refractivity contribution in [1.29, 1.82) is 0 Å². The average Bonchev–Trinajstić information content (AvgIpc) is 3.24. The van der Waals surface area contributed by atoms with Crippen molar-refractivity contribution in [2.24, 2.45) is 0 Å². The van der Waals surface area contributed by atoms with Gasteiger partial charge < -0.3 is 0 Å². The number of benzene rings is 2. The second-order valence-electron chi connectivity index (χ2n) is 6.67. The van der Waals surface area contributed by atoms with E-state index in [1.165, 1.54) is 33.4 Å². The van der Waals surface area contributed by atoms with Crippen LogP contribution in [0.1, 0.15) is 46.1 Å². The number of rotatable bonds is 3. The van der Waals surface area contributed by atoms with E-state index in [0.29, 0.717) is 11.8 Å². The molecule has 0 aliphatic heterocycles. The van der Waals surface area contributed by atoms with Crippen LogP contribution in [0.25, 0.3) is 6.08 Å². The van der Waals surface area contributed by atoms with E-state index in [9.17, 15) is 0 Å². The Balaban J connectivity index is 1.85. The second-order valence-corrected chi connectivity index (χ2v) is 6.67. The summed E-state index contributed by atoms with van der Waals surface area (Å²) in [6.07, 6.45) is 12.6. The van der Waals surface area contributed by atoms with Gasteiger partial charge in [0.05, 0.1) is 0 Å². The first-order chi connectivity index (χ1) is 11.3. The summed E-state index contributed by atoms with van der Waals surface area (Å²) in [5.74, 6) is 0.877. The number of fused-ring (bicyclic) bond motifs is 1. The number of allylic oxidation sites excluding steroid dienone is 5. The summed E-state index contributed by atoms with van der Waals surface area (Å²) in [6, 6.07) is 15.5. The molecule has 2 atom stereocenters. The van der Waals surface area contributed by atoms with Crippen molar-refractivity contribution in [2.45, 2.75) is 32.1 Å². The highest BCUT2D eigenvalue weighted by Gasteiger charge is 2.31. The van der Waals surface area contributed by atoms with Gasteiger partial charge in [-0.2, -0.15) is 0 Å². The van der Waals surface area contributed by atoms with E-state index in [1.54, 1.807) is 0 Å². The Morgan fingerprint density at radius 1 is 0.957 bits per heavy atom. The van der Waals surface area contributed by atoms with E-state index >= 15 is 0 Å². The zero-order valence-electron chi connectivity index (χ0n) is 13.8.